The van der Waals surface area contributed by atoms with Crippen LogP contribution in [0.5, 0.6) is 0 Å². The molecule has 32 heavy (non-hydrogen) atoms. The number of imidazole rings is 1. The van der Waals surface area contributed by atoms with E-state index in [1.54, 1.807) is 6.92 Å². The summed E-state index contributed by atoms with van der Waals surface area (Å²) in [6.07, 6.45) is 1.37. The van der Waals surface area contributed by atoms with Gasteiger partial charge < -0.3 is 4.57 Å². The largest absolute Gasteiger partial charge is 0.332 e. The molecule has 0 bridgehead atoms. The van der Waals surface area contributed by atoms with Crippen LogP contribution in [0, 0.1) is 0 Å². The van der Waals surface area contributed by atoms with Gasteiger partial charge in [0.25, 0.3) is 11.5 Å². The summed E-state index contributed by atoms with van der Waals surface area (Å²) in [5.74, 6) is -0.416. The van der Waals surface area contributed by atoms with Crippen molar-refractivity contribution in [1.29, 1.82) is 0 Å². The molecule has 2 heterocycles. The van der Waals surface area contributed by atoms with Crippen LogP contribution in [-0.4, -0.2) is 30.3 Å². The van der Waals surface area contributed by atoms with Gasteiger partial charge in [0.1, 0.15) is 6.54 Å². The van der Waals surface area contributed by atoms with Crippen molar-refractivity contribution in [3.63, 3.8) is 0 Å². The summed E-state index contributed by atoms with van der Waals surface area (Å²) in [4.78, 5) is 41.0. The molecule has 2 aromatic carbocycles. The van der Waals surface area contributed by atoms with Gasteiger partial charge in [-0.2, -0.15) is 5.10 Å². The first-order valence-corrected chi connectivity index (χ1v) is 9.96. The zero-order valence-corrected chi connectivity index (χ0v) is 17.9. The number of benzene rings is 2. The number of amides is 1. The van der Waals surface area contributed by atoms with Gasteiger partial charge in [-0.3, -0.25) is 18.7 Å². The van der Waals surface area contributed by atoms with E-state index in [0.29, 0.717) is 5.71 Å². The number of aromatic nitrogens is 4. The Bertz CT molecular complexity index is 1440. The van der Waals surface area contributed by atoms with Crippen molar-refractivity contribution < 1.29 is 4.79 Å². The molecule has 0 unspecified atom stereocenters. The van der Waals surface area contributed by atoms with E-state index in [2.05, 4.69) is 15.5 Å². The summed E-state index contributed by atoms with van der Waals surface area (Å²) >= 11 is 0. The Kier molecular flexibility index (Phi) is 5.55. The Morgan fingerprint density at radius 1 is 0.969 bits per heavy atom. The van der Waals surface area contributed by atoms with Crippen LogP contribution in [0.2, 0.25) is 0 Å². The number of hydrogen-bond acceptors (Lipinski definition) is 5. The van der Waals surface area contributed by atoms with Crippen molar-refractivity contribution in [1.82, 2.24) is 24.1 Å². The van der Waals surface area contributed by atoms with Crippen molar-refractivity contribution in [2.75, 3.05) is 0 Å². The minimum absolute atomic E-state index is 0.159. The van der Waals surface area contributed by atoms with Crippen LogP contribution in [0.1, 0.15) is 12.5 Å². The lowest BCUT2D eigenvalue weighted by molar-refractivity contribution is -0.121. The molecule has 162 valence electrons. The van der Waals surface area contributed by atoms with Gasteiger partial charge in [-0.15, -0.1) is 0 Å². The molecule has 0 saturated heterocycles. The number of nitrogens with zero attached hydrogens (tertiary/aromatic N) is 5. The SMILES string of the molecule is CC(=NNC(=O)Cn1cnc2c1c(=O)n(C)c(=O)n2C)c1ccc(-c2ccccc2)cc1. The fraction of sp³-hybridized carbons (Fsp3) is 0.174. The number of nitrogens with one attached hydrogen (secondary N) is 1. The summed E-state index contributed by atoms with van der Waals surface area (Å²) in [6, 6.07) is 17.9. The maximum Gasteiger partial charge on any atom is 0.332 e. The molecule has 1 amide bonds. The average Bonchev–Trinajstić information content (AvgIpc) is 3.24. The van der Waals surface area contributed by atoms with Gasteiger partial charge in [-0.05, 0) is 23.6 Å². The lowest BCUT2D eigenvalue weighted by Crippen LogP contribution is -2.38. The van der Waals surface area contributed by atoms with Gasteiger partial charge in [0.15, 0.2) is 11.2 Å². The topological polar surface area (TPSA) is 103 Å². The summed E-state index contributed by atoms with van der Waals surface area (Å²) in [7, 11) is 2.91. The number of carbonyl (C=O) groups is 1. The molecule has 0 radical (unpaired) electrons. The molecule has 0 spiro atoms. The first-order valence-electron chi connectivity index (χ1n) is 9.96. The molecule has 0 saturated carbocycles. The number of fused-ring (bicyclic) bond motifs is 1. The quantitative estimate of drug-likeness (QED) is 0.384. The van der Waals surface area contributed by atoms with Gasteiger partial charge >= 0.3 is 5.69 Å². The summed E-state index contributed by atoms with van der Waals surface area (Å²) in [6.45, 7) is 1.64. The lowest BCUT2D eigenvalue weighted by Gasteiger charge is -2.07. The molecular weight excluding hydrogens is 408 g/mol. The summed E-state index contributed by atoms with van der Waals surface area (Å²) in [5, 5.41) is 4.17. The number of hydrogen-bond donors (Lipinski definition) is 1. The van der Waals surface area contributed by atoms with Crippen molar-refractivity contribution in [3.8, 4) is 11.1 Å². The molecule has 0 fully saturated rings. The predicted molar refractivity (Wildman–Crippen MR) is 122 cm³/mol. The van der Waals surface area contributed by atoms with Crippen LogP contribution >= 0.6 is 0 Å². The first kappa shape index (κ1) is 21.0. The molecule has 0 aliphatic heterocycles. The first-order chi connectivity index (χ1) is 15.4. The molecule has 2 aromatic heterocycles. The number of hydrazone groups is 1. The maximum absolute atomic E-state index is 12.5. The zero-order chi connectivity index (χ0) is 22.8. The van der Waals surface area contributed by atoms with Crippen LogP contribution in [0.3, 0.4) is 0 Å². The smallest absolute Gasteiger partial charge is 0.315 e. The Balaban J connectivity index is 1.49. The molecule has 4 rings (SSSR count). The average molecular weight is 430 g/mol. The third-order valence-electron chi connectivity index (χ3n) is 5.29. The van der Waals surface area contributed by atoms with E-state index in [0.717, 1.165) is 21.3 Å². The highest BCUT2D eigenvalue weighted by Crippen LogP contribution is 2.19. The van der Waals surface area contributed by atoms with Gasteiger partial charge in [0.2, 0.25) is 0 Å². The predicted octanol–water partition coefficient (Wildman–Crippen LogP) is 1.64. The van der Waals surface area contributed by atoms with Crippen LogP contribution in [0.25, 0.3) is 22.3 Å². The van der Waals surface area contributed by atoms with Gasteiger partial charge in [-0.1, -0.05) is 54.6 Å². The van der Waals surface area contributed by atoms with Crippen molar-refractivity contribution in [2.45, 2.75) is 13.5 Å². The third-order valence-corrected chi connectivity index (χ3v) is 5.29. The van der Waals surface area contributed by atoms with Crippen LogP contribution in [0.4, 0.5) is 0 Å². The van der Waals surface area contributed by atoms with E-state index in [4.69, 9.17) is 0 Å². The third kappa shape index (κ3) is 3.87. The molecule has 0 aliphatic rings. The number of rotatable bonds is 5. The lowest BCUT2D eigenvalue weighted by atomic mass is 10.0. The molecule has 0 aliphatic carbocycles. The highest BCUT2D eigenvalue weighted by molar-refractivity contribution is 5.99. The standard InChI is InChI=1S/C23H22N6O3/c1-15(16-9-11-18(12-10-16)17-7-5-4-6-8-17)25-26-19(30)13-29-14-24-21-20(29)22(31)28(3)23(32)27(21)2/h4-12,14H,13H2,1-3H3,(H,26,30). The van der Waals surface area contributed by atoms with E-state index >= 15 is 0 Å². The molecular formula is C23H22N6O3. The molecule has 4 aromatic rings. The van der Waals surface area contributed by atoms with Crippen LogP contribution < -0.4 is 16.7 Å². The van der Waals surface area contributed by atoms with Crippen molar-refractivity contribution in [2.24, 2.45) is 19.2 Å². The molecule has 1 N–H and O–H groups in total. The van der Waals surface area contributed by atoms with Gasteiger partial charge in [0.05, 0.1) is 12.0 Å². The molecule has 0 atom stereocenters. The Labute approximate surface area is 183 Å². The maximum atomic E-state index is 12.5. The Morgan fingerprint density at radius 3 is 2.31 bits per heavy atom. The van der Waals surface area contributed by atoms with E-state index in [9.17, 15) is 14.4 Å². The van der Waals surface area contributed by atoms with Crippen LogP contribution in [0.15, 0.2) is 75.6 Å². The Morgan fingerprint density at radius 2 is 1.62 bits per heavy atom. The summed E-state index contributed by atoms with van der Waals surface area (Å²) in [5.41, 5.74) is 5.67. The van der Waals surface area contributed by atoms with E-state index in [1.165, 1.54) is 29.6 Å². The van der Waals surface area contributed by atoms with Crippen LogP contribution in [-0.2, 0) is 25.4 Å². The highest BCUT2D eigenvalue weighted by atomic mass is 16.2. The second kappa shape index (κ2) is 8.46. The highest BCUT2D eigenvalue weighted by Gasteiger charge is 2.15. The van der Waals surface area contributed by atoms with E-state index in [-0.39, 0.29) is 17.7 Å². The van der Waals surface area contributed by atoms with E-state index < -0.39 is 17.2 Å². The number of aryl methyl sites for hydroxylation is 1. The second-order valence-electron chi connectivity index (χ2n) is 7.43. The minimum atomic E-state index is -0.508. The number of carbonyl (C=O) groups excluding carboxylic acids is 1. The van der Waals surface area contributed by atoms with Crippen molar-refractivity contribution in [3.05, 3.63) is 87.3 Å². The molecule has 9 nitrogen and oxygen atoms in total. The minimum Gasteiger partial charge on any atom is -0.315 e. The normalized spacial score (nSPS) is 11.7. The van der Waals surface area contributed by atoms with Crippen molar-refractivity contribution >= 4 is 22.8 Å². The fourth-order valence-corrected chi connectivity index (χ4v) is 3.45. The fourth-order valence-electron chi connectivity index (χ4n) is 3.45. The zero-order valence-electron chi connectivity index (χ0n) is 17.9. The second-order valence-corrected chi connectivity index (χ2v) is 7.43. The summed E-state index contributed by atoms with van der Waals surface area (Å²) < 4.78 is 3.66. The monoisotopic (exact) mass is 430 g/mol. The molecule has 9 heteroatoms. The van der Waals surface area contributed by atoms with Gasteiger partial charge in [0, 0.05) is 14.1 Å². The van der Waals surface area contributed by atoms with Gasteiger partial charge in [-0.25, -0.2) is 15.2 Å². The Hall–Kier alpha value is -4.27. The van der Waals surface area contributed by atoms with E-state index in [1.807, 2.05) is 54.6 Å².